The minimum Gasteiger partial charge on any atom is -0.319 e. The molecule has 1 amide bonds. The molecule has 116 valence electrons. The van der Waals surface area contributed by atoms with Gasteiger partial charge in [0, 0.05) is 11.8 Å². The second-order valence-electron chi connectivity index (χ2n) is 4.79. The third-order valence-corrected chi connectivity index (χ3v) is 4.07. The van der Waals surface area contributed by atoms with E-state index in [2.05, 4.69) is 19.9 Å². The second-order valence-corrected chi connectivity index (χ2v) is 5.54. The molecule has 0 aliphatic heterocycles. The van der Waals surface area contributed by atoms with Crippen LogP contribution in [-0.4, -0.2) is 20.5 Å². The van der Waals surface area contributed by atoms with E-state index in [9.17, 15) is 9.18 Å². The normalized spacial score (nSPS) is 10.5. The van der Waals surface area contributed by atoms with Gasteiger partial charge in [-0.25, -0.2) is 4.39 Å². The molecule has 1 aromatic carbocycles. The van der Waals surface area contributed by atoms with Gasteiger partial charge >= 0.3 is 0 Å². The number of rotatable bonds is 4. The third kappa shape index (κ3) is 3.24. The van der Waals surface area contributed by atoms with Crippen LogP contribution in [0.15, 0.2) is 42.7 Å². The average molecular weight is 328 g/mol. The van der Waals surface area contributed by atoms with Gasteiger partial charge in [0.15, 0.2) is 0 Å². The van der Waals surface area contributed by atoms with Crippen molar-refractivity contribution >= 4 is 23.1 Å². The summed E-state index contributed by atoms with van der Waals surface area (Å²) in [6.45, 7) is 1.91. The molecule has 7 heteroatoms. The van der Waals surface area contributed by atoms with Crippen molar-refractivity contribution in [3.05, 3.63) is 59.1 Å². The molecular formula is C16H13FN4OS. The monoisotopic (exact) mass is 328 g/mol. The minimum absolute atomic E-state index is 0.289. The van der Waals surface area contributed by atoms with Gasteiger partial charge in [-0.1, -0.05) is 23.5 Å². The number of carbonyl (C=O) groups excluding carboxylic acids is 1. The van der Waals surface area contributed by atoms with Crippen molar-refractivity contribution in [2.45, 2.75) is 13.3 Å². The highest BCUT2D eigenvalue weighted by molar-refractivity contribution is 7.08. The Kier molecular flexibility index (Phi) is 4.38. The number of pyridine rings is 1. The van der Waals surface area contributed by atoms with Gasteiger partial charge in [0.05, 0.1) is 17.6 Å². The zero-order valence-corrected chi connectivity index (χ0v) is 13.1. The van der Waals surface area contributed by atoms with Crippen molar-refractivity contribution in [1.29, 1.82) is 0 Å². The number of nitrogens with zero attached hydrogens (tertiary/aromatic N) is 3. The average Bonchev–Trinajstić information content (AvgIpc) is 3.04. The molecule has 0 bridgehead atoms. The van der Waals surface area contributed by atoms with Crippen LogP contribution in [0.2, 0.25) is 0 Å². The summed E-state index contributed by atoms with van der Waals surface area (Å²) in [5.41, 5.74) is 2.53. The Labute approximate surface area is 136 Å². The Morgan fingerprint density at radius 2 is 2.22 bits per heavy atom. The van der Waals surface area contributed by atoms with Gasteiger partial charge in [-0.05, 0) is 41.7 Å². The molecule has 2 aromatic heterocycles. The fourth-order valence-corrected chi connectivity index (χ4v) is 2.84. The number of benzene rings is 1. The Morgan fingerprint density at radius 3 is 3.00 bits per heavy atom. The van der Waals surface area contributed by atoms with E-state index in [0.29, 0.717) is 33.8 Å². The Balaban J connectivity index is 1.94. The lowest BCUT2D eigenvalue weighted by atomic mass is 10.1. The maximum Gasteiger partial charge on any atom is 0.269 e. The summed E-state index contributed by atoms with van der Waals surface area (Å²) in [6.07, 6.45) is 3.77. The fourth-order valence-electron chi connectivity index (χ4n) is 2.19. The molecule has 2 heterocycles. The molecule has 0 saturated heterocycles. The molecule has 3 aromatic rings. The molecule has 0 saturated carbocycles. The molecule has 3 rings (SSSR count). The van der Waals surface area contributed by atoms with E-state index in [1.54, 1.807) is 24.4 Å². The van der Waals surface area contributed by atoms with Crippen molar-refractivity contribution in [1.82, 2.24) is 14.6 Å². The Morgan fingerprint density at radius 1 is 1.35 bits per heavy atom. The van der Waals surface area contributed by atoms with Crippen LogP contribution in [0.5, 0.6) is 0 Å². The van der Waals surface area contributed by atoms with E-state index in [1.165, 1.54) is 18.3 Å². The number of aromatic nitrogens is 3. The van der Waals surface area contributed by atoms with Crippen LogP contribution in [0, 0.1) is 5.82 Å². The van der Waals surface area contributed by atoms with Crippen molar-refractivity contribution in [3.8, 4) is 11.1 Å². The summed E-state index contributed by atoms with van der Waals surface area (Å²) in [7, 11) is 0. The van der Waals surface area contributed by atoms with Crippen LogP contribution in [-0.2, 0) is 6.42 Å². The molecule has 0 unspecified atom stereocenters. The van der Waals surface area contributed by atoms with E-state index in [0.717, 1.165) is 11.5 Å². The predicted octanol–water partition coefficient (Wildman–Crippen LogP) is 3.55. The maximum atomic E-state index is 13.5. The summed E-state index contributed by atoms with van der Waals surface area (Å²) in [5, 5.41) is 6.74. The zero-order chi connectivity index (χ0) is 16.2. The number of carbonyl (C=O) groups is 1. The molecule has 23 heavy (non-hydrogen) atoms. The first-order valence-corrected chi connectivity index (χ1v) is 7.79. The Hall–Kier alpha value is -2.67. The van der Waals surface area contributed by atoms with E-state index < -0.39 is 0 Å². The number of nitrogens with one attached hydrogen (secondary N) is 1. The smallest absolute Gasteiger partial charge is 0.269 e. The summed E-state index contributed by atoms with van der Waals surface area (Å²) < 4.78 is 17.3. The first-order valence-electron chi connectivity index (χ1n) is 7.01. The molecule has 0 aliphatic carbocycles. The minimum atomic E-state index is -0.337. The van der Waals surface area contributed by atoms with Crippen molar-refractivity contribution < 1.29 is 9.18 Å². The van der Waals surface area contributed by atoms with Crippen LogP contribution in [0.3, 0.4) is 0 Å². The quantitative estimate of drug-likeness (QED) is 0.795. The predicted molar refractivity (Wildman–Crippen MR) is 86.9 cm³/mol. The highest BCUT2D eigenvalue weighted by Gasteiger charge is 2.17. The summed E-state index contributed by atoms with van der Waals surface area (Å²) in [4.78, 5) is 16.9. The van der Waals surface area contributed by atoms with Crippen molar-refractivity contribution in [2.75, 3.05) is 5.32 Å². The molecule has 0 radical (unpaired) electrons. The van der Waals surface area contributed by atoms with Crippen molar-refractivity contribution in [2.24, 2.45) is 0 Å². The van der Waals surface area contributed by atoms with Crippen LogP contribution < -0.4 is 5.32 Å². The number of anilines is 1. The van der Waals surface area contributed by atoms with Crippen LogP contribution >= 0.6 is 11.5 Å². The highest BCUT2D eigenvalue weighted by atomic mass is 32.1. The number of amides is 1. The van der Waals surface area contributed by atoms with E-state index in [-0.39, 0.29) is 11.7 Å². The molecule has 5 nitrogen and oxygen atoms in total. The first-order chi connectivity index (χ1) is 11.2. The van der Waals surface area contributed by atoms with Gasteiger partial charge in [-0.3, -0.25) is 9.78 Å². The van der Waals surface area contributed by atoms with Gasteiger partial charge in [-0.2, -0.15) is 0 Å². The lowest BCUT2D eigenvalue weighted by Gasteiger charge is -2.10. The van der Waals surface area contributed by atoms with E-state index in [4.69, 9.17) is 0 Å². The van der Waals surface area contributed by atoms with Gasteiger partial charge in [0.25, 0.3) is 5.91 Å². The molecule has 0 fully saturated rings. The first kappa shape index (κ1) is 15.2. The maximum absolute atomic E-state index is 13.5. The summed E-state index contributed by atoms with van der Waals surface area (Å²) >= 11 is 1.05. The summed E-state index contributed by atoms with van der Waals surface area (Å²) in [5.74, 6) is -0.626. The Bertz CT molecular complexity index is 849. The molecular weight excluding hydrogens is 315 g/mol. The molecule has 0 aliphatic rings. The van der Waals surface area contributed by atoms with E-state index >= 15 is 0 Å². The van der Waals surface area contributed by atoms with Gasteiger partial charge in [0.2, 0.25) is 0 Å². The van der Waals surface area contributed by atoms with Crippen LogP contribution in [0.4, 0.5) is 10.1 Å². The molecule has 0 atom stereocenters. The van der Waals surface area contributed by atoms with Crippen LogP contribution in [0.1, 0.15) is 22.3 Å². The summed E-state index contributed by atoms with van der Waals surface area (Å²) in [6, 6.07) is 7.92. The number of hydrogen-bond donors (Lipinski definition) is 1. The standard InChI is InChI=1S/C16H13FN4OS/c1-2-13-15(23-21-20-13)16(22)19-14-9-18-7-6-12(14)10-4-3-5-11(17)8-10/h3-9H,2H2,1H3,(H,19,22). The fraction of sp³-hybridized carbons (Fsp3) is 0.125. The lowest BCUT2D eigenvalue weighted by molar-refractivity contribution is 0.102. The highest BCUT2D eigenvalue weighted by Crippen LogP contribution is 2.28. The second kappa shape index (κ2) is 6.62. The zero-order valence-electron chi connectivity index (χ0n) is 12.3. The largest absolute Gasteiger partial charge is 0.319 e. The lowest BCUT2D eigenvalue weighted by Crippen LogP contribution is -2.13. The number of hydrogen-bond acceptors (Lipinski definition) is 5. The van der Waals surface area contributed by atoms with E-state index in [1.807, 2.05) is 6.92 Å². The van der Waals surface area contributed by atoms with Gasteiger partial charge < -0.3 is 5.32 Å². The van der Waals surface area contributed by atoms with Crippen molar-refractivity contribution in [3.63, 3.8) is 0 Å². The topological polar surface area (TPSA) is 67.8 Å². The SMILES string of the molecule is CCc1nnsc1C(=O)Nc1cnccc1-c1cccc(F)c1. The van der Waals surface area contributed by atoms with Gasteiger partial charge in [-0.15, -0.1) is 5.10 Å². The number of aryl methyl sites for hydroxylation is 1. The molecule has 1 N–H and O–H groups in total. The number of halogens is 1. The van der Waals surface area contributed by atoms with Crippen LogP contribution in [0.25, 0.3) is 11.1 Å². The third-order valence-electron chi connectivity index (χ3n) is 3.30. The van der Waals surface area contributed by atoms with Gasteiger partial charge in [0.1, 0.15) is 10.7 Å². The molecule has 0 spiro atoms.